The Balaban J connectivity index is 1.97. The van der Waals surface area contributed by atoms with Gasteiger partial charge in [-0.15, -0.1) is 0 Å². The van der Waals surface area contributed by atoms with Crippen molar-refractivity contribution in [2.45, 2.75) is 6.54 Å². The highest BCUT2D eigenvalue weighted by Gasteiger charge is 2.35. The second-order valence-electron chi connectivity index (χ2n) is 4.89. The molecule has 0 amide bonds. The molecule has 0 aliphatic carbocycles. The summed E-state index contributed by atoms with van der Waals surface area (Å²) in [5, 5.41) is 0.741. The van der Waals surface area contributed by atoms with E-state index >= 15 is 0 Å². The van der Waals surface area contributed by atoms with Crippen LogP contribution >= 0.6 is 0 Å². The van der Waals surface area contributed by atoms with Crippen molar-refractivity contribution in [2.75, 3.05) is 0 Å². The van der Waals surface area contributed by atoms with Gasteiger partial charge < -0.3 is 4.42 Å². The van der Waals surface area contributed by atoms with E-state index in [1.807, 2.05) is 16.7 Å². The summed E-state index contributed by atoms with van der Waals surface area (Å²) in [6.07, 6.45) is 4.90. The molecule has 20 heavy (non-hydrogen) atoms. The third-order valence-corrected chi connectivity index (χ3v) is 3.82. The smallest absolute Gasteiger partial charge is 0.329 e. The van der Waals surface area contributed by atoms with Crippen LogP contribution in [0.25, 0.3) is 33.7 Å². The van der Waals surface area contributed by atoms with Gasteiger partial charge in [0.2, 0.25) is 5.58 Å². The number of hydrogen-bond acceptors (Lipinski definition) is 3. The van der Waals surface area contributed by atoms with Crippen molar-refractivity contribution in [2.24, 2.45) is 6.98 Å². The summed E-state index contributed by atoms with van der Waals surface area (Å²) in [5.74, 6) is 0.599. The van der Waals surface area contributed by atoms with E-state index in [1.165, 1.54) is 4.57 Å². The molecule has 0 bridgehead atoms. The molecule has 5 nitrogen and oxygen atoms in total. The number of rotatable bonds is 0. The van der Waals surface area contributed by atoms with Gasteiger partial charge in [-0.3, -0.25) is 4.98 Å². The molecule has 5 heteroatoms. The molecular formula is C15H11N4O+. The summed E-state index contributed by atoms with van der Waals surface area (Å²) in [6, 6.07) is 5.62. The fraction of sp³-hybridized carbons (Fsp3) is 0.133. The van der Waals surface area contributed by atoms with Crippen LogP contribution in [0.4, 0.5) is 0 Å². The minimum absolute atomic E-state index is 0.542. The van der Waals surface area contributed by atoms with Crippen molar-refractivity contribution < 1.29 is 13.1 Å². The predicted octanol–water partition coefficient (Wildman–Crippen LogP) is 2.03. The molecule has 5 heterocycles. The minimum Gasteiger partial charge on any atom is -0.412 e. The fourth-order valence-corrected chi connectivity index (χ4v) is 2.94. The molecule has 96 valence electrons. The molecule has 0 radical (unpaired) electrons. The Morgan fingerprint density at radius 1 is 1.40 bits per heavy atom. The van der Waals surface area contributed by atoms with Crippen LogP contribution in [0.1, 0.15) is 9.68 Å². The van der Waals surface area contributed by atoms with E-state index in [1.54, 1.807) is 24.7 Å². The van der Waals surface area contributed by atoms with E-state index in [2.05, 4.69) is 9.97 Å². The minimum atomic E-state index is -2.32. The second kappa shape index (κ2) is 3.25. The molecule has 1 aliphatic rings. The number of pyridine rings is 2. The van der Waals surface area contributed by atoms with Crippen molar-refractivity contribution in [3.8, 4) is 11.6 Å². The quantitative estimate of drug-likeness (QED) is 0.403. The number of fused-ring (bicyclic) bond motifs is 7. The van der Waals surface area contributed by atoms with Crippen molar-refractivity contribution in [1.29, 1.82) is 0 Å². The lowest BCUT2D eigenvalue weighted by Crippen LogP contribution is -2.32. The molecule has 0 fully saturated rings. The maximum absolute atomic E-state index is 7.91. The molecule has 4 aromatic heterocycles. The number of aromatic nitrogens is 4. The lowest BCUT2D eigenvalue weighted by Gasteiger charge is -1.91. The Morgan fingerprint density at radius 2 is 2.40 bits per heavy atom. The molecule has 0 unspecified atom stereocenters. The van der Waals surface area contributed by atoms with Gasteiger partial charge in [-0.2, -0.15) is 4.57 Å². The lowest BCUT2D eigenvalue weighted by atomic mass is 10.2. The van der Waals surface area contributed by atoms with Gasteiger partial charge >= 0.3 is 11.5 Å². The summed E-state index contributed by atoms with van der Waals surface area (Å²) in [7, 11) is 0. The highest BCUT2D eigenvalue weighted by molar-refractivity contribution is 6.02. The standard InChI is InChI=1S/C15H11N4O/c1-18-11-7-16-6-4-10(11)13-14(18)19-8-9-3-2-5-17-12(9)15(19)20-13/h2-7H,8H2,1H3/q+1/i1D3. The zero-order valence-corrected chi connectivity index (χ0v) is 10.4. The number of nitrogens with zero attached hydrogens (tertiary/aromatic N) is 4. The van der Waals surface area contributed by atoms with E-state index in [9.17, 15) is 0 Å². The van der Waals surface area contributed by atoms with Crippen LogP contribution in [0, 0.1) is 0 Å². The predicted molar refractivity (Wildman–Crippen MR) is 73.0 cm³/mol. The SMILES string of the molecule is [2H]C([2H])([2H])n1c2cnccc2c2oc3[n+](c21)Cc1cccnc1-3. The van der Waals surface area contributed by atoms with Crippen molar-refractivity contribution in [3.63, 3.8) is 0 Å². The van der Waals surface area contributed by atoms with Crippen LogP contribution in [-0.2, 0) is 13.5 Å². The molecular weight excluding hydrogens is 252 g/mol. The summed E-state index contributed by atoms with van der Waals surface area (Å²) in [4.78, 5) is 8.43. The molecule has 4 aromatic rings. The first-order valence-corrected chi connectivity index (χ1v) is 6.31. The van der Waals surface area contributed by atoms with Gasteiger partial charge in [-0.25, -0.2) is 9.55 Å². The summed E-state index contributed by atoms with van der Waals surface area (Å²) in [5.41, 5.74) is 3.43. The monoisotopic (exact) mass is 266 g/mol. The summed E-state index contributed by atoms with van der Waals surface area (Å²) < 4.78 is 33.0. The van der Waals surface area contributed by atoms with Gasteiger partial charge in [0.1, 0.15) is 6.54 Å². The first-order chi connectivity index (χ1) is 11.1. The molecule has 1 aliphatic heterocycles. The Morgan fingerprint density at radius 3 is 3.35 bits per heavy atom. The van der Waals surface area contributed by atoms with Crippen LogP contribution in [0.5, 0.6) is 0 Å². The van der Waals surface area contributed by atoms with Crippen LogP contribution in [0.3, 0.4) is 0 Å². The third kappa shape index (κ3) is 1.02. The van der Waals surface area contributed by atoms with E-state index in [0.29, 0.717) is 29.2 Å². The molecule has 0 spiro atoms. The van der Waals surface area contributed by atoms with Crippen LogP contribution in [0.15, 0.2) is 41.2 Å². The number of aryl methyl sites for hydroxylation is 1. The third-order valence-electron chi connectivity index (χ3n) is 3.82. The largest absolute Gasteiger partial charge is 0.412 e. The average molecular weight is 266 g/mol. The first-order valence-electron chi connectivity index (χ1n) is 7.81. The van der Waals surface area contributed by atoms with E-state index in [4.69, 9.17) is 8.53 Å². The molecule has 5 rings (SSSR count). The van der Waals surface area contributed by atoms with Gasteiger partial charge in [-0.05, 0) is 12.1 Å². The van der Waals surface area contributed by atoms with Crippen molar-refractivity contribution in [1.82, 2.24) is 14.5 Å². The molecule has 0 N–H and O–H groups in total. The van der Waals surface area contributed by atoms with Gasteiger partial charge in [0.15, 0.2) is 11.2 Å². The second-order valence-corrected chi connectivity index (χ2v) is 4.89. The van der Waals surface area contributed by atoms with Gasteiger partial charge in [0.25, 0.3) is 0 Å². The van der Waals surface area contributed by atoms with E-state index < -0.39 is 6.98 Å². The lowest BCUT2D eigenvalue weighted by molar-refractivity contribution is -0.652. The zero-order chi connectivity index (χ0) is 15.8. The van der Waals surface area contributed by atoms with Crippen LogP contribution < -0.4 is 4.57 Å². The maximum Gasteiger partial charge on any atom is 0.329 e. The fourth-order valence-electron chi connectivity index (χ4n) is 2.94. The Hall–Kier alpha value is -2.69. The van der Waals surface area contributed by atoms with Crippen molar-refractivity contribution >= 4 is 22.1 Å². The van der Waals surface area contributed by atoms with Crippen LogP contribution in [-0.4, -0.2) is 14.5 Å². The Bertz CT molecular complexity index is 1090. The topological polar surface area (TPSA) is 47.7 Å². The normalized spacial score (nSPS) is 15.9. The van der Waals surface area contributed by atoms with E-state index in [-0.39, 0.29) is 0 Å². The van der Waals surface area contributed by atoms with Gasteiger partial charge in [-0.1, -0.05) is 6.07 Å². The number of oxazole rings is 1. The highest BCUT2D eigenvalue weighted by atomic mass is 16.4. The Labute approximate surface area is 118 Å². The Kier molecular flexibility index (Phi) is 1.27. The van der Waals surface area contributed by atoms with Crippen LogP contribution in [0.2, 0.25) is 0 Å². The molecule has 0 saturated carbocycles. The first kappa shape index (κ1) is 7.79. The van der Waals surface area contributed by atoms with Crippen molar-refractivity contribution in [3.05, 3.63) is 42.4 Å². The molecule has 0 aromatic carbocycles. The van der Waals surface area contributed by atoms with Gasteiger partial charge in [0, 0.05) is 18.0 Å². The van der Waals surface area contributed by atoms with E-state index in [0.717, 1.165) is 16.6 Å². The number of hydrogen-bond donors (Lipinski definition) is 0. The highest BCUT2D eigenvalue weighted by Crippen LogP contribution is 2.33. The maximum atomic E-state index is 7.91. The molecule has 0 atom stereocenters. The summed E-state index contributed by atoms with van der Waals surface area (Å²) >= 11 is 0. The molecule has 0 saturated heterocycles. The average Bonchev–Trinajstić information content (AvgIpc) is 3.13. The summed E-state index contributed by atoms with van der Waals surface area (Å²) in [6.45, 7) is -1.78. The van der Waals surface area contributed by atoms with Gasteiger partial charge in [0.05, 0.1) is 22.7 Å². The zero-order valence-electron chi connectivity index (χ0n) is 13.4.